The highest BCUT2D eigenvalue weighted by Crippen LogP contribution is 2.19. The molecule has 0 saturated carbocycles. The van der Waals surface area contributed by atoms with E-state index in [0.29, 0.717) is 13.0 Å². The third kappa shape index (κ3) is 5.93. The highest BCUT2D eigenvalue weighted by molar-refractivity contribution is 5.74. The van der Waals surface area contributed by atoms with E-state index in [4.69, 9.17) is 5.21 Å². The fraction of sp³-hybridized carbons (Fsp3) is 0.750. The quantitative estimate of drug-likeness (QED) is 0.353. The van der Waals surface area contributed by atoms with Crippen molar-refractivity contribution >= 4 is 12.1 Å². The Hall–Kier alpha value is -1.44. The van der Waals surface area contributed by atoms with E-state index in [9.17, 15) is 9.90 Å². The van der Waals surface area contributed by atoms with Crippen molar-refractivity contribution in [3.63, 3.8) is 0 Å². The van der Waals surface area contributed by atoms with Gasteiger partial charge in [-0.05, 0) is 31.8 Å². The Balaban J connectivity index is 1.69. The number of unbranched alkanes of at least 4 members (excludes halogenated alkanes) is 3. The average Bonchev–Trinajstić information content (AvgIpc) is 2.58. The Morgan fingerprint density at radius 2 is 2.13 bits per heavy atom. The van der Waals surface area contributed by atoms with Gasteiger partial charge in [0.2, 0.25) is 5.91 Å². The highest BCUT2D eigenvalue weighted by atomic mass is 16.5. The number of aliphatic imine (C=N–C) groups is 1. The molecule has 0 aromatic rings. The van der Waals surface area contributed by atoms with Crippen molar-refractivity contribution < 1.29 is 15.1 Å². The minimum atomic E-state index is -0.318. The summed E-state index contributed by atoms with van der Waals surface area (Å²) < 4.78 is 0. The number of hydrogen-bond acceptors (Lipinski definition) is 6. The number of β-amino-alcohol motifs (C(OH)–C–C–N with tert-alkyl or cyclic N) is 1. The van der Waals surface area contributed by atoms with Gasteiger partial charge in [-0.3, -0.25) is 19.9 Å². The number of hydrogen-bond donors (Lipinski definition) is 3. The number of amides is 1. The standard InChI is InChI=1S/C16H28N4O3/c21-14-7-5-11-20(13-14)16-17-9-6-12-19(16)10-4-2-1-3-8-15(22)18-23/h6,9,12,14,16,21,23H,1-5,7-8,10-11,13H2,(H,18,22)/t14?,16-/m0/s1. The summed E-state index contributed by atoms with van der Waals surface area (Å²) in [6.07, 6.45) is 11.7. The minimum absolute atomic E-state index is 0.00452. The average molecular weight is 324 g/mol. The van der Waals surface area contributed by atoms with Crippen LogP contribution in [0.2, 0.25) is 0 Å². The lowest BCUT2D eigenvalue weighted by atomic mass is 10.1. The second-order valence-electron chi connectivity index (χ2n) is 6.21. The molecule has 0 spiro atoms. The number of nitrogens with one attached hydrogen (secondary N) is 1. The lowest BCUT2D eigenvalue weighted by Gasteiger charge is -2.40. The minimum Gasteiger partial charge on any atom is -0.392 e. The highest BCUT2D eigenvalue weighted by Gasteiger charge is 2.27. The van der Waals surface area contributed by atoms with E-state index < -0.39 is 0 Å². The zero-order chi connectivity index (χ0) is 16.5. The van der Waals surface area contributed by atoms with Crippen LogP contribution in [0.25, 0.3) is 0 Å². The summed E-state index contributed by atoms with van der Waals surface area (Å²) in [7, 11) is 0. The van der Waals surface area contributed by atoms with Crippen LogP contribution in [0.3, 0.4) is 0 Å². The Kier molecular flexibility index (Phi) is 7.51. The fourth-order valence-electron chi connectivity index (χ4n) is 3.11. The molecule has 130 valence electrons. The van der Waals surface area contributed by atoms with E-state index in [1.807, 2.05) is 12.3 Å². The Morgan fingerprint density at radius 1 is 1.30 bits per heavy atom. The Bertz CT molecular complexity index is 428. The number of carbonyl (C=O) groups excluding carboxylic acids is 1. The molecule has 3 N–H and O–H groups in total. The molecule has 0 aromatic carbocycles. The maximum Gasteiger partial charge on any atom is 0.243 e. The van der Waals surface area contributed by atoms with Crippen molar-refractivity contribution in [2.75, 3.05) is 19.6 Å². The van der Waals surface area contributed by atoms with E-state index in [2.05, 4.69) is 21.0 Å². The third-order valence-electron chi connectivity index (χ3n) is 4.33. The molecule has 1 saturated heterocycles. The molecular weight excluding hydrogens is 296 g/mol. The molecule has 23 heavy (non-hydrogen) atoms. The molecule has 7 nitrogen and oxygen atoms in total. The Morgan fingerprint density at radius 3 is 2.91 bits per heavy atom. The molecular formula is C16H28N4O3. The summed E-state index contributed by atoms with van der Waals surface area (Å²) in [4.78, 5) is 19.9. The van der Waals surface area contributed by atoms with Crippen LogP contribution >= 0.6 is 0 Å². The van der Waals surface area contributed by atoms with Crippen molar-refractivity contribution in [3.8, 4) is 0 Å². The molecule has 1 fully saturated rings. The molecule has 2 heterocycles. The number of hydroxylamine groups is 1. The van der Waals surface area contributed by atoms with Gasteiger partial charge in [0.1, 0.15) is 0 Å². The van der Waals surface area contributed by atoms with Gasteiger partial charge in [-0.15, -0.1) is 0 Å². The number of rotatable bonds is 8. The van der Waals surface area contributed by atoms with Gasteiger partial charge in [0.05, 0.1) is 6.10 Å². The Labute approximate surface area is 137 Å². The molecule has 0 radical (unpaired) electrons. The molecule has 7 heteroatoms. The molecule has 2 aliphatic rings. The van der Waals surface area contributed by atoms with Gasteiger partial charge in [0.15, 0.2) is 6.29 Å². The summed E-state index contributed by atoms with van der Waals surface area (Å²) in [6, 6.07) is 0. The number of aliphatic hydroxyl groups is 1. The maximum absolute atomic E-state index is 10.9. The van der Waals surface area contributed by atoms with Crippen molar-refractivity contribution in [1.29, 1.82) is 0 Å². The number of carbonyl (C=O) groups is 1. The molecule has 0 aliphatic carbocycles. The number of piperidine rings is 1. The second kappa shape index (κ2) is 9.64. The van der Waals surface area contributed by atoms with Crippen molar-refractivity contribution in [2.24, 2.45) is 4.99 Å². The van der Waals surface area contributed by atoms with Gasteiger partial charge in [-0.2, -0.15) is 0 Å². The first-order valence-electron chi connectivity index (χ1n) is 8.51. The summed E-state index contributed by atoms with van der Waals surface area (Å²) in [5.41, 5.74) is 1.66. The normalized spacial score (nSPS) is 24.9. The van der Waals surface area contributed by atoms with Gasteiger partial charge in [-0.25, -0.2) is 5.48 Å². The van der Waals surface area contributed by atoms with Gasteiger partial charge >= 0.3 is 0 Å². The first-order chi connectivity index (χ1) is 11.2. The van der Waals surface area contributed by atoms with Gasteiger partial charge in [0, 0.05) is 38.5 Å². The largest absolute Gasteiger partial charge is 0.392 e. The van der Waals surface area contributed by atoms with Crippen LogP contribution in [0.5, 0.6) is 0 Å². The van der Waals surface area contributed by atoms with Gasteiger partial charge in [-0.1, -0.05) is 12.8 Å². The summed E-state index contributed by atoms with van der Waals surface area (Å²) in [6.45, 7) is 2.57. The second-order valence-corrected chi connectivity index (χ2v) is 6.21. The van der Waals surface area contributed by atoms with E-state index in [0.717, 1.165) is 51.6 Å². The number of likely N-dealkylation sites (tertiary alicyclic amines) is 1. The van der Waals surface area contributed by atoms with Crippen LogP contribution < -0.4 is 5.48 Å². The van der Waals surface area contributed by atoms with E-state index in [-0.39, 0.29) is 18.3 Å². The summed E-state index contributed by atoms with van der Waals surface area (Å²) >= 11 is 0. The predicted molar refractivity (Wildman–Crippen MR) is 88.0 cm³/mol. The van der Waals surface area contributed by atoms with Crippen LogP contribution in [0.1, 0.15) is 44.9 Å². The zero-order valence-electron chi connectivity index (χ0n) is 13.6. The number of aliphatic hydroxyl groups excluding tert-OH is 1. The van der Waals surface area contributed by atoms with Crippen molar-refractivity contribution in [1.82, 2.24) is 15.3 Å². The molecule has 2 aliphatic heterocycles. The fourth-order valence-corrected chi connectivity index (χ4v) is 3.11. The van der Waals surface area contributed by atoms with Crippen LogP contribution in [0.15, 0.2) is 17.3 Å². The summed E-state index contributed by atoms with van der Waals surface area (Å²) in [5, 5.41) is 18.3. The van der Waals surface area contributed by atoms with Crippen LogP contribution in [0, 0.1) is 0 Å². The predicted octanol–water partition coefficient (Wildman–Crippen LogP) is 1.08. The lowest BCUT2D eigenvalue weighted by Crippen LogP contribution is -2.51. The molecule has 1 unspecified atom stereocenters. The lowest BCUT2D eigenvalue weighted by molar-refractivity contribution is -0.129. The van der Waals surface area contributed by atoms with Crippen LogP contribution in [-0.4, -0.2) is 64.3 Å². The van der Waals surface area contributed by atoms with Gasteiger partial charge in [0.25, 0.3) is 0 Å². The SMILES string of the molecule is O=C(CCCCCCN1C=CC=N[C@@H]1N1CCCC(O)C1)NO. The van der Waals surface area contributed by atoms with E-state index in [1.165, 1.54) is 0 Å². The molecule has 0 bridgehead atoms. The van der Waals surface area contributed by atoms with E-state index >= 15 is 0 Å². The third-order valence-corrected chi connectivity index (χ3v) is 4.33. The molecule has 2 atom stereocenters. The topological polar surface area (TPSA) is 88.4 Å². The van der Waals surface area contributed by atoms with Crippen molar-refractivity contribution in [3.05, 3.63) is 12.3 Å². The monoisotopic (exact) mass is 324 g/mol. The number of nitrogens with zero attached hydrogens (tertiary/aromatic N) is 3. The van der Waals surface area contributed by atoms with Crippen LogP contribution in [0.4, 0.5) is 0 Å². The van der Waals surface area contributed by atoms with E-state index in [1.54, 1.807) is 5.48 Å². The molecule has 0 aromatic heterocycles. The molecule has 1 amide bonds. The first-order valence-corrected chi connectivity index (χ1v) is 8.51. The smallest absolute Gasteiger partial charge is 0.243 e. The molecule has 2 rings (SSSR count). The summed E-state index contributed by atoms with van der Waals surface area (Å²) in [5.74, 6) is -0.318. The first kappa shape index (κ1) is 17.9. The zero-order valence-corrected chi connectivity index (χ0v) is 13.6. The van der Waals surface area contributed by atoms with Gasteiger partial charge < -0.3 is 10.0 Å². The maximum atomic E-state index is 10.9. The van der Waals surface area contributed by atoms with Crippen molar-refractivity contribution in [2.45, 2.75) is 57.3 Å². The number of allylic oxidation sites excluding steroid dienone is 1. The van der Waals surface area contributed by atoms with Crippen LogP contribution in [-0.2, 0) is 4.79 Å².